The van der Waals surface area contributed by atoms with E-state index < -0.39 is 23.6 Å². The van der Waals surface area contributed by atoms with E-state index in [0.717, 1.165) is 30.2 Å². The van der Waals surface area contributed by atoms with Gasteiger partial charge in [0.25, 0.3) is 0 Å². The molecule has 224 valence electrons. The Morgan fingerprint density at radius 1 is 0.952 bits per heavy atom. The van der Waals surface area contributed by atoms with Crippen molar-refractivity contribution in [1.82, 2.24) is 10.2 Å². The van der Waals surface area contributed by atoms with Crippen molar-refractivity contribution in [1.29, 1.82) is 0 Å². The summed E-state index contributed by atoms with van der Waals surface area (Å²) in [6, 6.07) is 22.2. The van der Waals surface area contributed by atoms with E-state index in [-0.39, 0.29) is 18.4 Å². The first kappa shape index (κ1) is 30.9. The fourth-order valence-corrected chi connectivity index (χ4v) is 5.35. The largest absolute Gasteiger partial charge is 0.491 e. The summed E-state index contributed by atoms with van der Waals surface area (Å²) in [6.45, 7) is 6.92. The van der Waals surface area contributed by atoms with Crippen molar-refractivity contribution in [3.63, 3.8) is 0 Å². The number of ether oxygens (including phenoxy) is 2. The van der Waals surface area contributed by atoms with Crippen LogP contribution in [0.25, 0.3) is 10.8 Å². The summed E-state index contributed by atoms with van der Waals surface area (Å²) in [4.78, 5) is 38.1. The minimum atomic E-state index is -0.958. The molecule has 1 heterocycles. The van der Waals surface area contributed by atoms with E-state index in [1.54, 1.807) is 0 Å². The molecule has 2 atom stereocenters. The van der Waals surface area contributed by atoms with E-state index in [1.165, 1.54) is 10.9 Å². The first-order valence-electron chi connectivity index (χ1n) is 14.8. The number of fused-ring (bicyclic) bond motifs is 1. The molecule has 0 radical (unpaired) electrons. The number of carbonyl (C=O) groups excluding carboxylic acids is 2. The molecule has 2 N–H and O–H groups in total. The number of aliphatic carboxylic acids is 1. The zero-order valence-corrected chi connectivity index (χ0v) is 24.8. The summed E-state index contributed by atoms with van der Waals surface area (Å²) >= 11 is 0. The van der Waals surface area contributed by atoms with Gasteiger partial charge in [0, 0.05) is 13.1 Å². The van der Waals surface area contributed by atoms with Crippen molar-refractivity contribution < 1.29 is 29.0 Å². The third kappa shape index (κ3) is 9.23. The van der Waals surface area contributed by atoms with Crippen LogP contribution in [0, 0.1) is 5.92 Å². The predicted octanol–water partition coefficient (Wildman–Crippen LogP) is 6.00. The maximum absolute atomic E-state index is 13.2. The van der Waals surface area contributed by atoms with Crippen LogP contribution in [0.4, 0.5) is 4.79 Å². The molecular formula is C34H42N2O6. The van der Waals surface area contributed by atoms with Crippen molar-refractivity contribution >= 4 is 28.7 Å². The van der Waals surface area contributed by atoms with Gasteiger partial charge in [-0.15, -0.1) is 0 Å². The van der Waals surface area contributed by atoms with Crippen LogP contribution in [0.5, 0.6) is 5.75 Å². The highest BCUT2D eigenvalue weighted by atomic mass is 16.6. The van der Waals surface area contributed by atoms with Crippen molar-refractivity contribution in [3.05, 3.63) is 77.9 Å². The molecule has 0 bridgehead atoms. The van der Waals surface area contributed by atoms with E-state index in [4.69, 9.17) is 9.47 Å². The molecule has 42 heavy (non-hydrogen) atoms. The Hall–Kier alpha value is -4.07. The molecule has 0 spiro atoms. The van der Waals surface area contributed by atoms with Gasteiger partial charge in [0.2, 0.25) is 5.91 Å². The molecule has 0 aliphatic carbocycles. The highest BCUT2D eigenvalue weighted by Gasteiger charge is 2.40. The van der Waals surface area contributed by atoms with Gasteiger partial charge in [0.1, 0.15) is 18.0 Å². The Kier molecular flexibility index (Phi) is 10.4. The number of likely N-dealkylation sites (tertiary alicyclic amines) is 1. The second-order valence-electron chi connectivity index (χ2n) is 12.0. The van der Waals surface area contributed by atoms with Crippen LogP contribution in [0.1, 0.15) is 57.6 Å². The molecule has 3 aromatic rings. The number of rotatable bonds is 13. The molecule has 1 aliphatic heterocycles. The fourth-order valence-electron chi connectivity index (χ4n) is 5.35. The second-order valence-corrected chi connectivity index (χ2v) is 12.0. The van der Waals surface area contributed by atoms with Crippen LogP contribution in [-0.4, -0.2) is 59.3 Å². The minimum Gasteiger partial charge on any atom is -0.491 e. The molecule has 2 amide bonds. The number of carboxylic acids is 1. The van der Waals surface area contributed by atoms with E-state index in [2.05, 4.69) is 35.6 Å². The number of carbonyl (C=O) groups is 3. The lowest BCUT2D eigenvalue weighted by Crippen LogP contribution is -2.39. The maximum atomic E-state index is 13.2. The summed E-state index contributed by atoms with van der Waals surface area (Å²) in [6.07, 6.45) is 3.26. The minimum absolute atomic E-state index is 0.108. The molecule has 1 saturated heterocycles. The molecule has 8 heteroatoms. The van der Waals surface area contributed by atoms with Crippen molar-refractivity contribution in [3.8, 4) is 5.75 Å². The van der Waals surface area contributed by atoms with Gasteiger partial charge in [-0.25, -0.2) is 4.79 Å². The van der Waals surface area contributed by atoms with Gasteiger partial charge >= 0.3 is 12.1 Å². The van der Waals surface area contributed by atoms with Crippen molar-refractivity contribution in [2.24, 2.45) is 5.92 Å². The Bertz CT molecular complexity index is 1360. The van der Waals surface area contributed by atoms with Gasteiger partial charge in [-0.05, 0) is 86.9 Å². The first-order chi connectivity index (χ1) is 20.1. The molecule has 1 aliphatic rings. The molecule has 8 nitrogen and oxygen atoms in total. The number of hydrogen-bond donors (Lipinski definition) is 2. The molecule has 0 saturated carbocycles. The highest BCUT2D eigenvalue weighted by Crippen LogP contribution is 2.29. The van der Waals surface area contributed by atoms with Crippen molar-refractivity contribution in [2.75, 3.05) is 19.7 Å². The van der Waals surface area contributed by atoms with E-state index in [1.807, 2.05) is 62.1 Å². The summed E-state index contributed by atoms with van der Waals surface area (Å²) in [5.41, 5.74) is 1.81. The van der Waals surface area contributed by atoms with Crippen LogP contribution in [-0.2, 0) is 27.2 Å². The smallest absolute Gasteiger partial charge is 0.407 e. The number of unbranched alkanes of at least 4 members (excludes halogenated alkanes) is 1. The summed E-state index contributed by atoms with van der Waals surface area (Å²) < 4.78 is 11.3. The number of nitrogens with one attached hydrogen (secondary N) is 1. The number of nitrogens with zero attached hydrogens (tertiary/aromatic N) is 1. The van der Waals surface area contributed by atoms with Crippen LogP contribution < -0.4 is 10.1 Å². The average Bonchev–Trinajstić information content (AvgIpc) is 3.23. The number of amides is 2. The number of alkyl carbamates (subject to hydrolysis) is 1. The Morgan fingerprint density at radius 3 is 2.38 bits per heavy atom. The van der Waals surface area contributed by atoms with Gasteiger partial charge in [-0.2, -0.15) is 0 Å². The fraction of sp³-hybridized carbons (Fsp3) is 0.441. The third-order valence-corrected chi connectivity index (χ3v) is 7.43. The van der Waals surface area contributed by atoms with Crippen molar-refractivity contribution in [2.45, 2.75) is 70.9 Å². The zero-order valence-electron chi connectivity index (χ0n) is 24.8. The Balaban J connectivity index is 1.27. The maximum Gasteiger partial charge on any atom is 0.407 e. The van der Waals surface area contributed by atoms with Crippen LogP contribution in [0.2, 0.25) is 0 Å². The number of carboxylic acid groups (broad SMARTS) is 1. The number of hydrogen-bond acceptors (Lipinski definition) is 5. The van der Waals surface area contributed by atoms with Gasteiger partial charge in [0.05, 0.1) is 18.4 Å². The number of benzene rings is 3. The molecule has 4 rings (SSSR count). The Labute approximate surface area is 248 Å². The summed E-state index contributed by atoms with van der Waals surface area (Å²) in [5, 5.41) is 14.5. The first-order valence-corrected chi connectivity index (χ1v) is 14.8. The lowest BCUT2D eigenvalue weighted by atomic mass is 10.0. The van der Waals surface area contributed by atoms with E-state index >= 15 is 0 Å². The lowest BCUT2D eigenvalue weighted by molar-refractivity contribution is -0.142. The molecule has 0 unspecified atom stereocenters. The zero-order chi connectivity index (χ0) is 30.1. The van der Waals surface area contributed by atoms with Gasteiger partial charge in [-0.1, -0.05) is 54.6 Å². The SMILES string of the molecule is CC(C)(C)OC(=O)NCCCCc1ccc(OC[C@@H]2C[C@@H](CC(=O)O)C(=O)N2CCc2ccc3ccccc3c2)cc1. The lowest BCUT2D eigenvalue weighted by Gasteiger charge is -2.25. The third-order valence-electron chi connectivity index (χ3n) is 7.43. The van der Waals surface area contributed by atoms with Crippen LogP contribution >= 0.6 is 0 Å². The Morgan fingerprint density at radius 2 is 1.67 bits per heavy atom. The van der Waals surface area contributed by atoms with E-state index in [9.17, 15) is 19.5 Å². The standard InChI is InChI=1S/C34H42N2O6/c1-34(2,3)42-33(40)35-18-7-6-8-24-12-15-30(16-13-24)41-23-29-21-28(22-31(37)38)32(39)36(29)19-17-25-11-14-26-9-4-5-10-27(26)20-25/h4-5,9-16,20,28-29H,6-8,17-19,21-23H2,1-3H3,(H,35,40)(H,37,38)/t28-,29-/m0/s1. The monoisotopic (exact) mass is 574 g/mol. The van der Waals surface area contributed by atoms with E-state index in [0.29, 0.717) is 38.3 Å². The molecule has 3 aromatic carbocycles. The van der Waals surface area contributed by atoms with Gasteiger partial charge < -0.3 is 24.8 Å². The van der Waals surface area contributed by atoms with Gasteiger partial charge in [-0.3, -0.25) is 9.59 Å². The summed E-state index contributed by atoms with van der Waals surface area (Å²) in [7, 11) is 0. The van der Waals surface area contributed by atoms with Crippen LogP contribution in [0.3, 0.4) is 0 Å². The summed E-state index contributed by atoms with van der Waals surface area (Å²) in [5.74, 6) is -0.877. The average molecular weight is 575 g/mol. The molecular weight excluding hydrogens is 532 g/mol. The topological polar surface area (TPSA) is 105 Å². The highest BCUT2D eigenvalue weighted by molar-refractivity contribution is 5.85. The number of aryl methyl sites for hydroxylation is 1. The van der Waals surface area contributed by atoms with Crippen LogP contribution in [0.15, 0.2) is 66.7 Å². The van der Waals surface area contributed by atoms with Gasteiger partial charge in [0.15, 0.2) is 0 Å². The molecule has 0 aromatic heterocycles. The molecule has 1 fully saturated rings. The second kappa shape index (κ2) is 14.2. The normalized spacial score (nSPS) is 16.9. The quantitative estimate of drug-likeness (QED) is 0.243. The predicted molar refractivity (Wildman–Crippen MR) is 163 cm³/mol.